The number of hydrogen-bond acceptors (Lipinski definition) is 2. The first-order valence-electron chi connectivity index (χ1n) is 5.11. The van der Waals surface area contributed by atoms with Gasteiger partial charge in [0.05, 0.1) is 30.1 Å². The molecule has 2 rings (SSSR count). The molecule has 2 nitrogen and oxygen atoms in total. The zero-order chi connectivity index (χ0) is 17.2. The predicted molar refractivity (Wildman–Crippen MR) is 96.3 cm³/mol. The Morgan fingerprint density at radius 2 is 0.864 bits per heavy atom. The van der Waals surface area contributed by atoms with E-state index in [1.807, 2.05) is 0 Å². The van der Waals surface area contributed by atoms with Crippen LogP contribution in [-0.2, 0) is 0 Å². The molecule has 22 heavy (non-hydrogen) atoms. The van der Waals surface area contributed by atoms with E-state index in [1.165, 1.54) is 12.1 Å². The third-order valence-corrected chi connectivity index (χ3v) is 5.46. The molecule has 2 N–H and O–H groups in total. The highest BCUT2D eigenvalue weighted by Crippen LogP contribution is 2.47. The molecule has 2 aromatic rings. The maximum Gasteiger partial charge on any atom is 0.155 e. The molecule has 0 aromatic heterocycles. The fourth-order valence-electron chi connectivity index (χ4n) is 1.11. The van der Waals surface area contributed by atoms with Crippen LogP contribution in [0.15, 0.2) is 12.1 Å². The van der Waals surface area contributed by atoms with Gasteiger partial charge in [0.15, 0.2) is 5.75 Å². The van der Waals surface area contributed by atoms with Gasteiger partial charge in [-0.15, -0.1) is 0 Å². The van der Waals surface area contributed by atoms with Crippen LogP contribution in [-0.4, -0.2) is 10.2 Å². The largest absolute Gasteiger partial charge is 0.506 e. The van der Waals surface area contributed by atoms with Crippen molar-refractivity contribution in [1.82, 2.24) is 0 Å². The lowest BCUT2D eigenvalue weighted by atomic mass is 10.3. The summed E-state index contributed by atoms with van der Waals surface area (Å²) in [5.41, 5.74) is 0. The summed E-state index contributed by atoms with van der Waals surface area (Å²) in [6, 6.07) is 2.69. The molecule has 0 radical (unpaired) electrons. The van der Waals surface area contributed by atoms with Crippen LogP contribution in [0.5, 0.6) is 11.5 Å². The summed E-state index contributed by atoms with van der Waals surface area (Å²) in [6.07, 6.45) is 0. The lowest BCUT2D eigenvalue weighted by Gasteiger charge is -2.06. The van der Waals surface area contributed by atoms with Gasteiger partial charge in [-0.2, -0.15) is 0 Å². The number of rotatable bonds is 0. The minimum absolute atomic E-state index is 0.00904. The Hall–Kier alpha value is 0.360. The van der Waals surface area contributed by atoms with Gasteiger partial charge in [-0.1, -0.05) is 92.8 Å². The van der Waals surface area contributed by atoms with Crippen molar-refractivity contribution >= 4 is 92.8 Å². The minimum atomic E-state index is -0.363. The summed E-state index contributed by atoms with van der Waals surface area (Å²) < 4.78 is 0. The average Bonchev–Trinajstić information content (AvgIpc) is 2.48. The van der Waals surface area contributed by atoms with Crippen molar-refractivity contribution in [2.24, 2.45) is 0 Å². The topological polar surface area (TPSA) is 40.5 Å². The lowest BCUT2D eigenvalue weighted by molar-refractivity contribution is 0.475. The monoisotopic (exact) mass is 460 g/mol. The van der Waals surface area contributed by atoms with E-state index in [9.17, 15) is 5.11 Å². The van der Waals surface area contributed by atoms with E-state index in [0.29, 0.717) is 10.0 Å². The highest BCUT2D eigenvalue weighted by atomic mass is 35.5. The summed E-state index contributed by atoms with van der Waals surface area (Å²) in [6.45, 7) is 0. The molecule has 0 saturated heterocycles. The number of benzene rings is 2. The van der Waals surface area contributed by atoms with Gasteiger partial charge in [0.1, 0.15) is 15.8 Å². The van der Waals surface area contributed by atoms with Crippen LogP contribution in [0.3, 0.4) is 0 Å². The zero-order valence-corrected chi connectivity index (χ0v) is 16.1. The van der Waals surface area contributed by atoms with Gasteiger partial charge < -0.3 is 10.2 Å². The summed E-state index contributed by atoms with van der Waals surface area (Å²) >= 11 is 44.5. The van der Waals surface area contributed by atoms with E-state index in [0.717, 1.165) is 0 Å². The Labute approximate surface area is 166 Å². The lowest BCUT2D eigenvalue weighted by Crippen LogP contribution is -1.78. The average molecular weight is 464 g/mol. The van der Waals surface area contributed by atoms with Crippen LogP contribution in [0.4, 0.5) is 0 Å². The van der Waals surface area contributed by atoms with Crippen molar-refractivity contribution in [3.8, 4) is 11.5 Å². The molecule has 0 atom stereocenters. The van der Waals surface area contributed by atoms with Crippen LogP contribution in [0, 0.1) is 0 Å². The normalized spacial score (nSPS) is 10.2. The first kappa shape index (κ1) is 20.4. The fourth-order valence-corrected chi connectivity index (χ4v) is 2.77. The highest BCUT2D eigenvalue weighted by molar-refractivity contribution is 6.55. The third kappa shape index (κ3) is 4.68. The molecule has 0 bridgehead atoms. The van der Waals surface area contributed by atoms with Crippen molar-refractivity contribution in [1.29, 1.82) is 0 Å². The summed E-state index contributed by atoms with van der Waals surface area (Å²) in [7, 11) is 0. The van der Waals surface area contributed by atoms with Crippen molar-refractivity contribution in [2.45, 2.75) is 0 Å². The molecule has 0 spiro atoms. The van der Waals surface area contributed by atoms with Crippen LogP contribution < -0.4 is 0 Å². The SMILES string of the molecule is Oc1c(Cl)c(Cl)c(Cl)c(Cl)c1Cl.Oc1cc(Cl)c(Cl)cc1Cl. The Bertz CT molecular complexity index is 562. The third-order valence-electron chi connectivity index (χ3n) is 2.18. The Balaban J connectivity index is 0.000000224. The molecule has 2 aromatic carbocycles. The number of hydrogen-bond donors (Lipinski definition) is 2. The number of phenolic OH excluding ortho intramolecular Hbond substituents is 2. The molecule has 120 valence electrons. The highest BCUT2D eigenvalue weighted by Gasteiger charge is 2.18. The van der Waals surface area contributed by atoms with E-state index < -0.39 is 0 Å². The molecule has 0 heterocycles. The Morgan fingerprint density at radius 3 is 1.27 bits per heavy atom. The zero-order valence-electron chi connectivity index (χ0n) is 10.1. The van der Waals surface area contributed by atoms with Gasteiger partial charge in [-0.05, 0) is 6.07 Å². The molecule has 0 aliphatic rings. The van der Waals surface area contributed by atoms with Crippen LogP contribution in [0.1, 0.15) is 0 Å². The first-order valence-corrected chi connectivity index (χ1v) is 8.14. The summed E-state index contributed by atoms with van der Waals surface area (Å²) in [5, 5.41) is 18.8. The molecular formula is C12H4Cl8O2. The Kier molecular flexibility index (Phi) is 7.84. The maximum absolute atomic E-state index is 9.20. The van der Waals surface area contributed by atoms with Crippen LogP contribution in [0.25, 0.3) is 0 Å². The van der Waals surface area contributed by atoms with E-state index in [1.54, 1.807) is 0 Å². The number of halogens is 8. The molecule has 0 unspecified atom stereocenters. The molecule has 10 heteroatoms. The van der Waals surface area contributed by atoms with Crippen LogP contribution >= 0.6 is 92.8 Å². The van der Waals surface area contributed by atoms with E-state index in [-0.39, 0.29) is 41.6 Å². The minimum Gasteiger partial charge on any atom is -0.506 e. The standard InChI is InChI=1S/C6HCl5O.C6H3Cl3O/c7-1-2(8)4(10)6(12)5(11)3(1)9;7-3-1-5(9)6(10)2-4(3)8/h12H;1-2,10H. The second kappa shape index (κ2) is 8.46. The summed E-state index contributed by atoms with van der Waals surface area (Å²) in [5.74, 6) is -0.422. The fraction of sp³-hybridized carbons (Fsp3) is 0. The molecule has 0 aliphatic heterocycles. The Morgan fingerprint density at radius 1 is 0.500 bits per heavy atom. The van der Waals surface area contributed by atoms with E-state index in [2.05, 4.69) is 0 Å². The molecule has 0 fully saturated rings. The van der Waals surface area contributed by atoms with Crippen molar-refractivity contribution in [2.75, 3.05) is 0 Å². The van der Waals surface area contributed by atoms with Gasteiger partial charge in [0.25, 0.3) is 0 Å². The van der Waals surface area contributed by atoms with Crippen molar-refractivity contribution < 1.29 is 10.2 Å². The van der Waals surface area contributed by atoms with Gasteiger partial charge in [0.2, 0.25) is 0 Å². The number of phenols is 2. The molecule has 0 aliphatic carbocycles. The quantitative estimate of drug-likeness (QED) is 0.307. The predicted octanol–water partition coefficient (Wildman–Crippen LogP) is 8.01. The van der Waals surface area contributed by atoms with E-state index >= 15 is 0 Å². The van der Waals surface area contributed by atoms with Crippen molar-refractivity contribution in [3.63, 3.8) is 0 Å². The van der Waals surface area contributed by atoms with Gasteiger partial charge in [-0.3, -0.25) is 0 Å². The van der Waals surface area contributed by atoms with Gasteiger partial charge >= 0.3 is 0 Å². The van der Waals surface area contributed by atoms with Crippen molar-refractivity contribution in [3.05, 3.63) is 52.3 Å². The smallest absolute Gasteiger partial charge is 0.155 e. The molecular weight excluding hydrogens is 460 g/mol. The summed E-state index contributed by atoms with van der Waals surface area (Å²) in [4.78, 5) is 0. The maximum atomic E-state index is 9.20. The van der Waals surface area contributed by atoms with E-state index in [4.69, 9.17) is 97.9 Å². The molecule has 0 amide bonds. The van der Waals surface area contributed by atoms with Gasteiger partial charge in [0, 0.05) is 6.07 Å². The number of aromatic hydroxyl groups is 2. The second-order valence-electron chi connectivity index (χ2n) is 3.64. The van der Waals surface area contributed by atoms with Gasteiger partial charge in [-0.25, -0.2) is 0 Å². The van der Waals surface area contributed by atoms with Crippen LogP contribution in [0.2, 0.25) is 40.2 Å². The molecule has 0 saturated carbocycles. The first-order chi connectivity index (χ1) is 10.1. The second-order valence-corrected chi connectivity index (χ2v) is 6.75.